The quantitative estimate of drug-likeness (QED) is 0.543. The van der Waals surface area contributed by atoms with Gasteiger partial charge >= 0.3 is 0 Å². The van der Waals surface area contributed by atoms with E-state index in [4.69, 9.17) is 11.6 Å². The number of benzene rings is 3. The Bertz CT molecular complexity index is 959. The molecule has 1 fully saturated rings. The predicted molar refractivity (Wildman–Crippen MR) is 124 cm³/mol. The summed E-state index contributed by atoms with van der Waals surface area (Å²) in [5.74, 6) is -0.0134. The lowest BCUT2D eigenvalue weighted by Crippen LogP contribution is -2.25. The van der Waals surface area contributed by atoms with Gasteiger partial charge in [-0.2, -0.15) is 0 Å². The molecule has 0 spiro atoms. The van der Waals surface area contributed by atoms with E-state index in [1.165, 1.54) is 37.1 Å². The number of nitrogens with one attached hydrogen (secondary N) is 1. The van der Waals surface area contributed by atoms with E-state index in [9.17, 15) is 4.79 Å². The monoisotopic (exact) mass is 418 g/mol. The highest BCUT2D eigenvalue weighted by atomic mass is 35.5. The van der Waals surface area contributed by atoms with Crippen molar-refractivity contribution >= 4 is 17.5 Å². The maximum atomic E-state index is 12.4. The van der Waals surface area contributed by atoms with Crippen LogP contribution in [0.25, 0.3) is 11.1 Å². The van der Waals surface area contributed by atoms with Crippen LogP contribution in [0.15, 0.2) is 72.8 Å². The third-order valence-electron chi connectivity index (χ3n) is 5.65. The molecule has 4 rings (SSSR count). The van der Waals surface area contributed by atoms with Crippen molar-refractivity contribution in [2.45, 2.75) is 25.8 Å². The van der Waals surface area contributed by atoms with Crippen LogP contribution in [0, 0.1) is 0 Å². The second-order valence-corrected chi connectivity index (χ2v) is 8.33. The molecule has 0 aromatic heterocycles. The molecule has 1 N–H and O–H groups in total. The summed E-state index contributed by atoms with van der Waals surface area (Å²) in [6.07, 6.45) is 3.40. The number of carbonyl (C=O) groups excluding carboxylic acids is 1. The van der Waals surface area contributed by atoms with Crippen LogP contribution in [0.3, 0.4) is 0 Å². The fraction of sp³-hybridized carbons (Fsp3) is 0.269. The van der Waals surface area contributed by atoms with Gasteiger partial charge in [0.25, 0.3) is 5.91 Å². The zero-order chi connectivity index (χ0) is 20.8. The molecule has 0 atom stereocenters. The van der Waals surface area contributed by atoms with Gasteiger partial charge in [0.2, 0.25) is 0 Å². The Morgan fingerprint density at radius 3 is 2.00 bits per heavy atom. The number of hydrogen-bond acceptors (Lipinski definition) is 2. The molecule has 1 amide bonds. The minimum absolute atomic E-state index is 0.0134. The number of likely N-dealkylation sites (tertiary alicyclic amines) is 1. The number of hydrogen-bond donors (Lipinski definition) is 1. The van der Waals surface area contributed by atoms with Crippen LogP contribution in [0.2, 0.25) is 5.02 Å². The highest BCUT2D eigenvalue weighted by Gasteiger charge is 2.12. The van der Waals surface area contributed by atoms with Crippen molar-refractivity contribution in [3.63, 3.8) is 0 Å². The van der Waals surface area contributed by atoms with E-state index in [1.54, 1.807) is 0 Å². The van der Waals surface area contributed by atoms with Crippen molar-refractivity contribution in [1.29, 1.82) is 0 Å². The summed E-state index contributed by atoms with van der Waals surface area (Å²) in [5, 5.41) is 3.77. The Labute approximate surface area is 183 Å². The molecule has 3 aromatic carbocycles. The van der Waals surface area contributed by atoms with Crippen molar-refractivity contribution in [3.8, 4) is 11.1 Å². The van der Waals surface area contributed by atoms with Gasteiger partial charge in [-0.05, 0) is 78.9 Å². The minimum atomic E-state index is -0.0134. The van der Waals surface area contributed by atoms with E-state index in [-0.39, 0.29) is 5.91 Å². The molecule has 3 aromatic rings. The summed E-state index contributed by atoms with van der Waals surface area (Å²) >= 11 is 5.96. The van der Waals surface area contributed by atoms with E-state index < -0.39 is 0 Å². The van der Waals surface area contributed by atoms with Gasteiger partial charge in [-0.3, -0.25) is 9.69 Å². The SMILES string of the molecule is O=C(NCCc1ccc(-c2ccc(Cl)cc2)cc1)c1ccc(CN2CCCC2)cc1. The first kappa shape index (κ1) is 20.6. The van der Waals surface area contributed by atoms with Gasteiger partial charge in [-0.25, -0.2) is 0 Å². The van der Waals surface area contributed by atoms with E-state index in [2.05, 4.69) is 46.6 Å². The van der Waals surface area contributed by atoms with Gasteiger partial charge < -0.3 is 5.32 Å². The molecule has 30 heavy (non-hydrogen) atoms. The average Bonchev–Trinajstić information content (AvgIpc) is 3.28. The molecule has 154 valence electrons. The lowest BCUT2D eigenvalue weighted by Gasteiger charge is -2.14. The van der Waals surface area contributed by atoms with Crippen molar-refractivity contribution in [2.24, 2.45) is 0 Å². The Hall–Kier alpha value is -2.62. The lowest BCUT2D eigenvalue weighted by atomic mass is 10.0. The summed E-state index contributed by atoms with van der Waals surface area (Å²) in [6.45, 7) is 3.97. The van der Waals surface area contributed by atoms with E-state index >= 15 is 0 Å². The minimum Gasteiger partial charge on any atom is -0.352 e. The Morgan fingerprint density at radius 2 is 1.37 bits per heavy atom. The number of halogens is 1. The van der Waals surface area contributed by atoms with Gasteiger partial charge in [0.05, 0.1) is 0 Å². The molecular formula is C26H27ClN2O. The largest absolute Gasteiger partial charge is 0.352 e. The molecule has 0 saturated carbocycles. The van der Waals surface area contributed by atoms with E-state index in [1.807, 2.05) is 36.4 Å². The Balaban J connectivity index is 1.25. The van der Waals surface area contributed by atoms with Gasteiger partial charge in [0.1, 0.15) is 0 Å². The third kappa shape index (κ3) is 5.50. The van der Waals surface area contributed by atoms with E-state index in [0.29, 0.717) is 6.54 Å². The van der Waals surface area contributed by atoms with Crippen LogP contribution < -0.4 is 5.32 Å². The van der Waals surface area contributed by atoms with Crippen LogP contribution in [-0.4, -0.2) is 30.4 Å². The number of rotatable bonds is 7. The molecule has 0 radical (unpaired) electrons. The predicted octanol–water partition coefficient (Wildman–Crippen LogP) is 5.58. The standard InChI is InChI=1S/C26H27ClN2O/c27-25-13-11-23(12-14-25)22-7-3-20(4-8-22)15-16-28-26(30)24-9-5-21(6-10-24)19-29-17-1-2-18-29/h3-14H,1-2,15-19H2,(H,28,30). The molecule has 1 heterocycles. The summed E-state index contributed by atoms with van der Waals surface area (Å²) in [6, 6.07) is 24.3. The van der Waals surface area contributed by atoms with Crippen molar-refractivity contribution in [1.82, 2.24) is 10.2 Å². The second-order valence-electron chi connectivity index (χ2n) is 7.89. The molecule has 0 aliphatic carbocycles. The normalized spacial score (nSPS) is 14.0. The van der Waals surface area contributed by atoms with Crippen LogP contribution in [0.1, 0.15) is 34.3 Å². The van der Waals surface area contributed by atoms with Gasteiger partial charge in [0, 0.05) is 23.7 Å². The first-order valence-electron chi connectivity index (χ1n) is 10.6. The van der Waals surface area contributed by atoms with Crippen LogP contribution >= 0.6 is 11.6 Å². The van der Waals surface area contributed by atoms with Crippen molar-refractivity contribution in [2.75, 3.05) is 19.6 Å². The smallest absolute Gasteiger partial charge is 0.251 e. The summed E-state index contributed by atoms with van der Waals surface area (Å²) in [7, 11) is 0. The van der Waals surface area contributed by atoms with Crippen molar-refractivity contribution < 1.29 is 4.79 Å². The molecule has 0 bridgehead atoms. The Morgan fingerprint density at radius 1 is 0.800 bits per heavy atom. The van der Waals surface area contributed by atoms with Crippen LogP contribution in [0.5, 0.6) is 0 Å². The summed E-state index contributed by atoms with van der Waals surface area (Å²) in [4.78, 5) is 14.9. The second kappa shape index (κ2) is 9.92. The summed E-state index contributed by atoms with van der Waals surface area (Å²) < 4.78 is 0. The zero-order valence-electron chi connectivity index (χ0n) is 17.1. The number of amides is 1. The lowest BCUT2D eigenvalue weighted by molar-refractivity contribution is 0.0954. The Kier molecular flexibility index (Phi) is 6.83. The molecule has 1 saturated heterocycles. The fourth-order valence-electron chi connectivity index (χ4n) is 3.89. The highest BCUT2D eigenvalue weighted by Crippen LogP contribution is 2.22. The zero-order valence-corrected chi connectivity index (χ0v) is 17.9. The maximum absolute atomic E-state index is 12.4. The molecule has 1 aliphatic heterocycles. The summed E-state index contributed by atoms with van der Waals surface area (Å²) in [5.41, 5.74) is 5.50. The fourth-order valence-corrected chi connectivity index (χ4v) is 4.02. The maximum Gasteiger partial charge on any atom is 0.251 e. The molecular weight excluding hydrogens is 392 g/mol. The van der Waals surface area contributed by atoms with Gasteiger partial charge in [0.15, 0.2) is 0 Å². The number of nitrogens with zero attached hydrogens (tertiary/aromatic N) is 1. The highest BCUT2D eigenvalue weighted by molar-refractivity contribution is 6.30. The first-order chi connectivity index (χ1) is 14.7. The van der Waals surface area contributed by atoms with Crippen LogP contribution in [-0.2, 0) is 13.0 Å². The van der Waals surface area contributed by atoms with Gasteiger partial charge in [-0.15, -0.1) is 0 Å². The molecule has 1 aliphatic rings. The molecule has 3 nitrogen and oxygen atoms in total. The van der Waals surface area contributed by atoms with Crippen molar-refractivity contribution in [3.05, 3.63) is 94.5 Å². The average molecular weight is 419 g/mol. The van der Waals surface area contributed by atoms with Gasteiger partial charge in [-0.1, -0.05) is 60.1 Å². The third-order valence-corrected chi connectivity index (χ3v) is 5.90. The molecule has 4 heteroatoms. The first-order valence-corrected chi connectivity index (χ1v) is 11.0. The number of carbonyl (C=O) groups is 1. The van der Waals surface area contributed by atoms with E-state index in [0.717, 1.165) is 34.7 Å². The van der Waals surface area contributed by atoms with Crippen LogP contribution in [0.4, 0.5) is 0 Å². The topological polar surface area (TPSA) is 32.3 Å². The molecule has 0 unspecified atom stereocenters.